The molecule has 1 heterocycles. The van der Waals surface area contributed by atoms with E-state index in [1.807, 2.05) is 13.8 Å². The van der Waals surface area contributed by atoms with E-state index in [0.29, 0.717) is 19.6 Å². The Hall–Kier alpha value is -1.10. The van der Waals surface area contributed by atoms with Crippen molar-refractivity contribution in [2.75, 3.05) is 20.3 Å². The number of carbonyl (C=O) groups excluding carboxylic acids is 2. The molecule has 0 radical (unpaired) electrons. The lowest BCUT2D eigenvalue weighted by atomic mass is 9.97. The Bertz CT molecular complexity index is 280. The number of hydrogen-bond donors (Lipinski definition) is 1. The van der Waals surface area contributed by atoms with Crippen LogP contribution in [-0.2, 0) is 9.53 Å². The number of carbonyl (C=O) groups is 2. The van der Waals surface area contributed by atoms with Gasteiger partial charge in [0.25, 0.3) is 5.91 Å². The number of amides is 3. The second-order valence-electron chi connectivity index (χ2n) is 4.24. The molecule has 1 atom stereocenters. The molecule has 1 aliphatic rings. The van der Waals surface area contributed by atoms with Gasteiger partial charge in [0.05, 0.1) is 0 Å². The molecule has 1 unspecified atom stereocenters. The maximum absolute atomic E-state index is 11.6. The molecule has 1 fully saturated rings. The Morgan fingerprint density at radius 3 is 2.62 bits per heavy atom. The number of unbranched alkanes of at least 4 members (excludes halogenated alkanes) is 1. The summed E-state index contributed by atoms with van der Waals surface area (Å²) in [7, 11) is 1.66. The van der Waals surface area contributed by atoms with E-state index in [0.717, 1.165) is 12.8 Å². The van der Waals surface area contributed by atoms with Gasteiger partial charge in [-0.25, -0.2) is 4.79 Å². The van der Waals surface area contributed by atoms with Crippen molar-refractivity contribution in [1.82, 2.24) is 10.2 Å². The molecular weight excluding hydrogens is 208 g/mol. The Morgan fingerprint density at radius 1 is 1.38 bits per heavy atom. The van der Waals surface area contributed by atoms with Crippen LogP contribution >= 0.6 is 0 Å². The molecule has 0 aliphatic carbocycles. The van der Waals surface area contributed by atoms with Gasteiger partial charge in [0.15, 0.2) is 0 Å². The van der Waals surface area contributed by atoms with Crippen LogP contribution < -0.4 is 5.32 Å². The molecule has 0 bridgehead atoms. The van der Waals surface area contributed by atoms with Crippen molar-refractivity contribution in [3.8, 4) is 0 Å². The van der Waals surface area contributed by atoms with Crippen LogP contribution in [0, 0.1) is 0 Å². The Balaban J connectivity index is 2.55. The van der Waals surface area contributed by atoms with Crippen molar-refractivity contribution >= 4 is 11.9 Å². The number of nitrogens with one attached hydrogen (secondary N) is 1. The van der Waals surface area contributed by atoms with E-state index >= 15 is 0 Å². The highest BCUT2D eigenvalue weighted by Crippen LogP contribution is 2.25. The molecule has 1 rings (SSSR count). The van der Waals surface area contributed by atoms with Crippen LogP contribution in [0.2, 0.25) is 0 Å². The van der Waals surface area contributed by atoms with Crippen molar-refractivity contribution in [1.29, 1.82) is 0 Å². The Labute approximate surface area is 96.1 Å². The van der Waals surface area contributed by atoms with Gasteiger partial charge in [-0.3, -0.25) is 10.1 Å². The quantitative estimate of drug-likeness (QED) is 0.547. The van der Waals surface area contributed by atoms with Crippen molar-refractivity contribution in [2.45, 2.75) is 38.6 Å². The first-order valence-electron chi connectivity index (χ1n) is 5.68. The van der Waals surface area contributed by atoms with E-state index in [-0.39, 0.29) is 11.9 Å². The number of hydrogen-bond acceptors (Lipinski definition) is 3. The van der Waals surface area contributed by atoms with Gasteiger partial charge in [-0.1, -0.05) is 6.92 Å². The molecule has 5 heteroatoms. The highest BCUT2D eigenvalue weighted by atomic mass is 16.5. The lowest BCUT2D eigenvalue weighted by Gasteiger charge is -2.30. The number of ether oxygens (including phenoxy) is 1. The number of imide groups is 1. The van der Waals surface area contributed by atoms with E-state index in [2.05, 4.69) is 5.32 Å². The van der Waals surface area contributed by atoms with E-state index < -0.39 is 5.54 Å². The van der Waals surface area contributed by atoms with Gasteiger partial charge >= 0.3 is 6.03 Å². The predicted octanol–water partition coefficient (Wildman–Crippen LogP) is 1.13. The van der Waals surface area contributed by atoms with E-state index in [1.165, 1.54) is 0 Å². The lowest BCUT2D eigenvalue weighted by Crippen LogP contribution is -2.46. The molecule has 16 heavy (non-hydrogen) atoms. The van der Waals surface area contributed by atoms with Crippen molar-refractivity contribution < 1.29 is 14.3 Å². The minimum Gasteiger partial charge on any atom is -0.385 e. The fourth-order valence-electron chi connectivity index (χ4n) is 1.86. The molecule has 5 nitrogen and oxygen atoms in total. The normalized spacial score (nSPS) is 25.1. The Kier molecular flexibility index (Phi) is 4.29. The third kappa shape index (κ3) is 2.35. The zero-order valence-corrected chi connectivity index (χ0v) is 10.2. The second kappa shape index (κ2) is 5.30. The number of rotatable bonds is 6. The molecular formula is C11H20N2O3. The smallest absolute Gasteiger partial charge is 0.325 e. The molecule has 3 amide bonds. The van der Waals surface area contributed by atoms with Gasteiger partial charge in [0.2, 0.25) is 0 Å². The van der Waals surface area contributed by atoms with Crippen molar-refractivity contribution in [3.63, 3.8) is 0 Å². The molecule has 1 aliphatic heterocycles. The first kappa shape index (κ1) is 13.0. The molecule has 0 spiro atoms. The number of nitrogens with zero attached hydrogens (tertiary/aromatic N) is 1. The molecule has 0 saturated carbocycles. The predicted molar refractivity (Wildman–Crippen MR) is 60.1 cm³/mol. The van der Waals surface area contributed by atoms with Crippen LogP contribution in [0.4, 0.5) is 4.79 Å². The first-order chi connectivity index (χ1) is 7.56. The summed E-state index contributed by atoms with van der Waals surface area (Å²) in [6, 6.07) is -0.272. The van der Waals surface area contributed by atoms with Gasteiger partial charge < -0.3 is 9.64 Å². The minimum atomic E-state index is -0.676. The summed E-state index contributed by atoms with van der Waals surface area (Å²) in [5, 5.41) is 2.37. The third-order valence-corrected chi connectivity index (χ3v) is 3.22. The third-order valence-electron chi connectivity index (χ3n) is 3.22. The summed E-state index contributed by atoms with van der Waals surface area (Å²) in [5.41, 5.74) is -0.676. The summed E-state index contributed by atoms with van der Waals surface area (Å²) in [5.74, 6) is -0.188. The standard InChI is InChI=1S/C11H20N2O3/c1-4-11(2)9(14)12-10(15)13(11)7-5-6-8-16-3/h4-8H2,1-3H3,(H,12,14,15). The minimum absolute atomic E-state index is 0.188. The van der Waals surface area contributed by atoms with Crippen LogP contribution in [-0.4, -0.2) is 42.6 Å². The van der Waals surface area contributed by atoms with Gasteiger partial charge in [-0.15, -0.1) is 0 Å². The van der Waals surface area contributed by atoms with Crippen molar-refractivity contribution in [3.05, 3.63) is 0 Å². The van der Waals surface area contributed by atoms with E-state index in [1.54, 1.807) is 12.0 Å². The number of urea groups is 1. The fraction of sp³-hybridized carbons (Fsp3) is 0.818. The summed E-state index contributed by atoms with van der Waals surface area (Å²) >= 11 is 0. The van der Waals surface area contributed by atoms with Crippen LogP contribution in [0.25, 0.3) is 0 Å². The van der Waals surface area contributed by atoms with Gasteiger partial charge in [0.1, 0.15) is 5.54 Å². The molecule has 0 aromatic rings. The van der Waals surface area contributed by atoms with Gasteiger partial charge in [-0.05, 0) is 26.2 Å². The maximum Gasteiger partial charge on any atom is 0.325 e. The van der Waals surface area contributed by atoms with Crippen LogP contribution in [0.3, 0.4) is 0 Å². The second-order valence-corrected chi connectivity index (χ2v) is 4.24. The monoisotopic (exact) mass is 228 g/mol. The summed E-state index contributed by atoms with van der Waals surface area (Å²) in [4.78, 5) is 24.9. The largest absolute Gasteiger partial charge is 0.385 e. The lowest BCUT2D eigenvalue weighted by molar-refractivity contribution is -0.126. The van der Waals surface area contributed by atoms with Gasteiger partial charge in [-0.2, -0.15) is 0 Å². The van der Waals surface area contributed by atoms with Crippen LogP contribution in [0.15, 0.2) is 0 Å². The molecule has 0 aromatic carbocycles. The SMILES string of the molecule is CCC1(C)C(=O)NC(=O)N1CCCCOC. The summed E-state index contributed by atoms with van der Waals surface area (Å²) < 4.78 is 4.95. The highest BCUT2D eigenvalue weighted by molar-refractivity contribution is 6.06. The highest BCUT2D eigenvalue weighted by Gasteiger charge is 2.47. The van der Waals surface area contributed by atoms with Crippen LogP contribution in [0.5, 0.6) is 0 Å². The zero-order chi connectivity index (χ0) is 12.2. The van der Waals surface area contributed by atoms with Crippen LogP contribution in [0.1, 0.15) is 33.1 Å². The molecule has 1 saturated heterocycles. The first-order valence-corrected chi connectivity index (χ1v) is 5.68. The fourth-order valence-corrected chi connectivity index (χ4v) is 1.86. The Morgan fingerprint density at radius 2 is 2.06 bits per heavy atom. The maximum atomic E-state index is 11.6. The molecule has 92 valence electrons. The van der Waals surface area contributed by atoms with Gasteiger partial charge in [0, 0.05) is 20.3 Å². The summed E-state index contributed by atoms with van der Waals surface area (Å²) in [6.07, 6.45) is 2.38. The topological polar surface area (TPSA) is 58.6 Å². The average Bonchev–Trinajstić information content (AvgIpc) is 2.47. The van der Waals surface area contributed by atoms with E-state index in [4.69, 9.17) is 4.74 Å². The average molecular weight is 228 g/mol. The van der Waals surface area contributed by atoms with Crippen molar-refractivity contribution in [2.24, 2.45) is 0 Å². The zero-order valence-electron chi connectivity index (χ0n) is 10.2. The summed E-state index contributed by atoms with van der Waals surface area (Å²) in [6.45, 7) is 5.02. The van der Waals surface area contributed by atoms with E-state index in [9.17, 15) is 9.59 Å². The molecule has 1 N–H and O–H groups in total. The number of methoxy groups -OCH3 is 1. The molecule has 0 aromatic heterocycles.